The fourth-order valence-corrected chi connectivity index (χ4v) is 6.14. The Bertz CT molecular complexity index is 1240. The number of thioether (sulfide) groups is 1. The lowest BCUT2D eigenvalue weighted by Crippen LogP contribution is -2.22. The van der Waals surface area contributed by atoms with Crippen LogP contribution in [-0.2, 0) is 12.3 Å². The molecule has 0 saturated carbocycles. The Labute approximate surface area is 181 Å². The zero-order valence-electron chi connectivity index (χ0n) is 16.7. The quantitative estimate of drug-likeness (QED) is 0.290. The number of thiophene rings is 1. The Balaban J connectivity index is 1.62. The summed E-state index contributed by atoms with van der Waals surface area (Å²) in [5.74, 6) is 1.48. The largest absolute Gasteiger partial charge is 0.496 e. The van der Waals surface area contributed by atoms with E-state index in [2.05, 4.69) is 5.38 Å². The summed E-state index contributed by atoms with van der Waals surface area (Å²) in [4.78, 5) is 24.5. The van der Waals surface area contributed by atoms with E-state index in [0.29, 0.717) is 12.3 Å². The molecule has 5 nitrogen and oxygen atoms in total. The van der Waals surface area contributed by atoms with Crippen LogP contribution in [0.15, 0.2) is 39.6 Å². The first-order chi connectivity index (χ1) is 14.0. The molecule has 0 radical (unpaired) electrons. The van der Waals surface area contributed by atoms with Crippen LogP contribution in [-0.4, -0.2) is 21.6 Å². The molecule has 0 bridgehead atoms. The van der Waals surface area contributed by atoms with E-state index in [0.717, 1.165) is 47.8 Å². The Morgan fingerprint density at radius 2 is 2.00 bits per heavy atom. The highest BCUT2D eigenvalue weighted by Gasteiger charge is 2.17. The van der Waals surface area contributed by atoms with Crippen molar-refractivity contribution in [2.45, 2.75) is 38.2 Å². The second-order valence-corrected chi connectivity index (χ2v) is 9.54. The van der Waals surface area contributed by atoms with Crippen molar-refractivity contribution in [3.8, 4) is 16.3 Å². The molecule has 4 aromatic rings. The first-order valence-corrected chi connectivity index (χ1v) is 11.9. The molecule has 0 spiro atoms. The van der Waals surface area contributed by atoms with Crippen molar-refractivity contribution in [3.63, 3.8) is 0 Å². The van der Waals surface area contributed by atoms with Crippen LogP contribution >= 0.6 is 34.4 Å². The average molecular weight is 444 g/mol. The number of para-hydroxylation sites is 1. The van der Waals surface area contributed by atoms with Crippen LogP contribution < -0.4 is 10.3 Å². The van der Waals surface area contributed by atoms with Gasteiger partial charge in [0.1, 0.15) is 15.6 Å². The summed E-state index contributed by atoms with van der Waals surface area (Å²) in [7, 11) is 1.67. The molecule has 0 aliphatic heterocycles. The fraction of sp³-hybridized carbons (Fsp3) is 0.286. The highest BCUT2D eigenvalue weighted by molar-refractivity contribution is 7.98. The summed E-state index contributed by atoms with van der Waals surface area (Å²) in [6.07, 6.45) is 0. The number of ether oxygens (including phenoxy) is 1. The van der Waals surface area contributed by atoms with E-state index in [-0.39, 0.29) is 5.56 Å². The molecule has 0 amide bonds. The number of benzene rings is 1. The SMILES string of the molecule is CCn1c(SCc2csc(-c3ccccc3OC)n2)nc2sc(C)c(C)c2c1=O. The van der Waals surface area contributed by atoms with Crippen LogP contribution in [0, 0.1) is 13.8 Å². The van der Waals surface area contributed by atoms with Gasteiger partial charge in [0.05, 0.1) is 23.8 Å². The van der Waals surface area contributed by atoms with Gasteiger partial charge in [-0.25, -0.2) is 9.97 Å². The van der Waals surface area contributed by atoms with Crippen LogP contribution in [0.3, 0.4) is 0 Å². The van der Waals surface area contributed by atoms with Gasteiger partial charge in [0, 0.05) is 22.6 Å². The number of rotatable bonds is 6. The van der Waals surface area contributed by atoms with E-state index in [9.17, 15) is 4.79 Å². The van der Waals surface area contributed by atoms with Crippen molar-refractivity contribution in [3.05, 3.63) is 56.1 Å². The van der Waals surface area contributed by atoms with Gasteiger partial charge in [0.2, 0.25) is 0 Å². The number of nitrogens with zero attached hydrogens (tertiary/aromatic N) is 3. The summed E-state index contributed by atoms with van der Waals surface area (Å²) in [6.45, 7) is 6.62. The van der Waals surface area contributed by atoms with Gasteiger partial charge in [0.25, 0.3) is 5.56 Å². The Morgan fingerprint density at radius 3 is 2.76 bits per heavy atom. The molecule has 0 aliphatic carbocycles. The number of aryl methyl sites for hydroxylation is 2. The van der Waals surface area contributed by atoms with Crippen LogP contribution in [0.4, 0.5) is 0 Å². The van der Waals surface area contributed by atoms with E-state index in [4.69, 9.17) is 14.7 Å². The second-order valence-electron chi connectivity index (χ2n) is 6.54. The Kier molecular flexibility index (Phi) is 5.76. The number of fused-ring (bicyclic) bond motifs is 1. The molecule has 0 unspecified atom stereocenters. The number of hydrogen-bond donors (Lipinski definition) is 0. The lowest BCUT2D eigenvalue weighted by Gasteiger charge is -2.09. The predicted molar refractivity (Wildman–Crippen MR) is 123 cm³/mol. The lowest BCUT2D eigenvalue weighted by atomic mass is 10.2. The Morgan fingerprint density at radius 1 is 1.21 bits per heavy atom. The lowest BCUT2D eigenvalue weighted by molar-refractivity contribution is 0.416. The average Bonchev–Trinajstić information content (AvgIpc) is 3.31. The third-order valence-corrected chi connectivity index (χ3v) is 7.84. The van der Waals surface area contributed by atoms with Gasteiger partial charge in [-0.15, -0.1) is 22.7 Å². The molecule has 0 fully saturated rings. The number of hydrogen-bond acceptors (Lipinski definition) is 7. The molecule has 0 N–H and O–H groups in total. The third kappa shape index (κ3) is 3.72. The van der Waals surface area contributed by atoms with Gasteiger partial charge < -0.3 is 4.74 Å². The Hall–Kier alpha value is -2.16. The molecule has 1 aromatic carbocycles. The van der Waals surface area contributed by atoms with Gasteiger partial charge in [0.15, 0.2) is 5.16 Å². The maximum atomic E-state index is 13.0. The molecular weight excluding hydrogens is 422 g/mol. The molecular formula is C21H21N3O2S3. The standard InChI is InChI=1S/C21H21N3O2S3/c1-5-24-20(25)17-12(2)13(3)29-19(17)23-21(24)28-11-14-10-27-18(22-14)15-8-6-7-9-16(15)26-4/h6-10H,5,11H2,1-4H3. The molecule has 29 heavy (non-hydrogen) atoms. The topological polar surface area (TPSA) is 57.0 Å². The van der Waals surface area contributed by atoms with Gasteiger partial charge in [-0.2, -0.15) is 0 Å². The molecule has 3 aromatic heterocycles. The van der Waals surface area contributed by atoms with Crippen molar-refractivity contribution in [2.75, 3.05) is 7.11 Å². The smallest absolute Gasteiger partial charge is 0.263 e. The van der Waals surface area contributed by atoms with Crippen molar-refractivity contribution in [2.24, 2.45) is 0 Å². The molecule has 0 atom stereocenters. The maximum Gasteiger partial charge on any atom is 0.263 e. The predicted octanol–water partition coefficient (Wildman–Crippen LogP) is 5.52. The minimum Gasteiger partial charge on any atom is -0.496 e. The van der Waals surface area contributed by atoms with Crippen molar-refractivity contribution >= 4 is 44.7 Å². The first kappa shape index (κ1) is 20.1. The van der Waals surface area contributed by atoms with Gasteiger partial charge in [-0.3, -0.25) is 9.36 Å². The molecule has 3 heterocycles. The third-order valence-electron chi connectivity index (χ3n) is 4.81. The summed E-state index contributed by atoms with van der Waals surface area (Å²) < 4.78 is 7.21. The normalized spacial score (nSPS) is 11.3. The second kappa shape index (κ2) is 8.30. The van der Waals surface area contributed by atoms with E-state index >= 15 is 0 Å². The highest BCUT2D eigenvalue weighted by Crippen LogP contribution is 2.34. The van der Waals surface area contributed by atoms with Gasteiger partial charge >= 0.3 is 0 Å². The zero-order valence-corrected chi connectivity index (χ0v) is 19.1. The number of methoxy groups -OCH3 is 1. The van der Waals surface area contributed by atoms with Crippen LogP contribution in [0.25, 0.3) is 20.8 Å². The fourth-order valence-electron chi connectivity index (χ4n) is 3.15. The van der Waals surface area contributed by atoms with Crippen molar-refractivity contribution in [1.29, 1.82) is 0 Å². The highest BCUT2D eigenvalue weighted by atomic mass is 32.2. The van der Waals surface area contributed by atoms with Gasteiger partial charge in [-0.1, -0.05) is 23.9 Å². The van der Waals surface area contributed by atoms with E-state index in [1.54, 1.807) is 46.1 Å². The first-order valence-electron chi connectivity index (χ1n) is 9.24. The molecule has 8 heteroatoms. The number of thiazole rings is 1. The van der Waals surface area contributed by atoms with Gasteiger partial charge in [-0.05, 0) is 38.5 Å². The molecule has 150 valence electrons. The molecule has 0 aliphatic rings. The minimum atomic E-state index is 0.0508. The molecule has 0 saturated heterocycles. The van der Waals surface area contributed by atoms with Crippen LogP contribution in [0.2, 0.25) is 0 Å². The van der Waals surface area contributed by atoms with E-state index in [1.807, 2.05) is 45.0 Å². The monoisotopic (exact) mass is 443 g/mol. The van der Waals surface area contributed by atoms with E-state index in [1.165, 1.54) is 0 Å². The van der Waals surface area contributed by atoms with E-state index < -0.39 is 0 Å². The summed E-state index contributed by atoms with van der Waals surface area (Å²) >= 11 is 4.74. The molecule has 4 rings (SSSR count). The summed E-state index contributed by atoms with van der Waals surface area (Å²) in [5, 5.41) is 4.49. The maximum absolute atomic E-state index is 13.0. The minimum absolute atomic E-state index is 0.0508. The summed E-state index contributed by atoms with van der Waals surface area (Å²) in [5.41, 5.74) is 3.05. The number of aromatic nitrogens is 3. The summed E-state index contributed by atoms with van der Waals surface area (Å²) in [6, 6.07) is 7.89. The zero-order chi connectivity index (χ0) is 20.5. The van der Waals surface area contributed by atoms with Crippen LogP contribution in [0.5, 0.6) is 5.75 Å². The van der Waals surface area contributed by atoms with Crippen molar-refractivity contribution < 1.29 is 4.74 Å². The van der Waals surface area contributed by atoms with Crippen LogP contribution in [0.1, 0.15) is 23.1 Å². The van der Waals surface area contributed by atoms with Crippen molar-refractivity contribution in [1.82, 2.24) is 14.5 Å².